The number of nitrogens with one attached hydrogen (secondary N) is 2. The Balaban J connectivity index is 1.82. The van der Waals surface area contributed by atoms with Crippen LogP contribution in [0.3, 0.4) is 0 Å². The number of aromatic nitrogens is 1. The fourth-order valence-corrected chi connectivity index (χ4v) is 5.16. The van der Waals surface area contributed by atoms with Crippen molar-refractivity contribution >= 4 is 34.4 Å². The molecule has 1 amide bonds. The molecule has 0 unspecified atom stereocenters. The van der Waals surface area contributed by atoms with Crippen LogP contribution >= 0.6 is 11.8 Å². The number of rotatable bonds is 16. The van der Waals surface area contributed by atoms with Gasteiger partial charge < -0.3 is 15.4 Å². The molecule has 7 nitrogen and oxygen atoms in total. The molecule has 2 aromatic carbocycles. The van der Waals surface area contributed by atoms with Gasteiger partial charge in [0.05, 0.1) is 13.7 Å². The fraction of sp³-hybridized carbons (Fsp3) is 0.452. The van der Waals surface area contributed by atoms with Gasteiger partial charge in [-0.2, -0.15) is 11.8 Å². The van der Waals surface area contributed by atoms with Gasteiger partial charge in [0.2, 0.25) is 5.91 Å². The van der Waals surface area contributed by atoms with E-state index in [1.54, 1.807) is 18.0 Å². The Morgan fingerprint density at radius 1 is 1.10 bits per heavy atom. The molecule has 0 aliphatic heterocycles. The molecule has 0 radical (unpaired) electrons. The molecule has 0 aliphatic carbocycles. The normalized spacial score (nSPS) is 13.7. The number of amides is 1. The number of methoxy groups -OCH3 is 1. The predicted octanol–water partition coefficient (Wildman–Crippen LogP) is 4.65. The number of carbonyl (C=O) groups is 2. The van der Waals surface area contributed by atoms with Crippen LogP contribution in [-0.2, 0) is 27.4 Å². The van der Waals surface area contributed by atoms with Crippen molar-refractivity contribution in [3.05, 3.63) is 78.1 Å². The third kappa shape index (κ3) is 9.64. The van der Waals surface area contributed by atoms with E-state index in [1.807, 2.05) is 30.7 Å². The Hall–Kier alpha value is -2.94. The maximum Gasteiger partial charge on any atom is 0.328 e. The Morgan fingerprint density at radius 2 is 1.90 bits per heavy atom. The Bertz CT molecular complexity index is 1170. The van der Waals surface area contributed by atoms with Crippen molar-refractivity contribution < 1.29 is 14.3 Å². The van der Waals surface area contributed by atoms with E-state index in [0.717, 1.165) is 17.7 Å². The van der Waals surface area contributed by atoms with Crippen molar-refractivity contribution in [2.45, 2.75) is 51.9 Å². The average molecular weight is 551 g/mol. The summed E-state index contributed by atoms with van der Waals surface area (Å²) in [6.07, 6.45) is 7.18. The van der Waals surface area contributed by atoms with Crippen molar-refractivity contribution in [3.63, 3.8) is 0 Å². The van der Waals surface area contributed by atoms with Crippen LogP contribution in [-0.4, -0.2) is 66.1 Å². The molecule has 3 atom stereocenters. The molecule has 0 saturated heterocycles. The van der Waals surface area contributed by atoms with Gasteiger partial charge in [-0.15, -0.1) is 0 Å². The molecular weight excluding hydrogens is 508 g/mol. The Labute approximate surface area is 237 Å². The van der Waals surface area contributed by atoms with E-state index < -0.39 is 12.0 Å². The predicted molar refractivity (Wildman–Crippen MR) is 160 cm³/mol. The molecule has 0 saturated carbocycles. The van der Waals surface area contributed by atoms with Crippen molar-refractivity contribution in [1.29, 1.82) is 0 Å². The highest BCUT2D eigenvalue weighted by Crippen LogP contribution is 2.21. The first-order valence-electron chi connectivity index (χ1n) is 13.6. The number of benzene rings is 2. The number of fused-ring (bicyclic) bond motifs is 1. The van der Waals surface area contributed by atoms with E-state index in [0.29, 0.717) is 32.0 Å². The molecule has 0 aliphatic rings. The molecule has 1 aromatic heterocycles. The first kappa shape index (κ1) is 30.6. The molecule has 3 aromatic rings. The van der Waals surface area contributed by atoms with Gasteiger partial charge in [0, 0.05) is 38.1 Å². The van der Waals surface area contributed by atoms with E-state index in [1.165, 1.54) is 23.4 Å². The van der Waals surface area contributed by atoms with Gasteiger partial charge in [-0.05, 0) is 52.3 Å². The first-order chi connectivity index (χ1) is 18.9. The van der Waals surface area contributed by atoms with Crippen LogP contribution in [0.5, 0.6) is 0 Å². The van der Waals surface area contributed by atoms with Gasteiger partial charge >= 0.3 is 5.97 Å². The highest BCUT2D eigenvalue weighted by Gasteiger charge is 2.25. The van der Waals surface area contributed by atoms with Crippen molar-refractivity contribution in [2.24, 2.45) is 5.92 Å². The minimum Gasteiger partial charge on any atom is -0.467 e. The lowest BCUT2D eigenvalue weighted by Gasteiger charge is -2.32. The Morgan fingerprint density at radius 3 is 2.62 bits per heavy atom. The third-order valence-electron chi connectivity index (χ3n) is 7.15. The number of carbonyl (C=O) groups excluding carboxylic acids is 2. The summed E-state index contributed by atoms with van der Waals surface area (Å²) < 4.78 is 4.95. The van der Waals surface area contributed by atoms with E-state index in [9.17, 15) is 9.59 Å². The number of esters is 1. The second-order valence-corrected chi connectivity index (χ2v) is 11.0. The maximum absolute atomic E-state index is 13.3. The summed E-state index contributed by atoms with van der Waals surface area (Å²) in [6.45, 7) is 6.61. The molecule has 0 bridgehead atoms. The zero-order chi connectivity index (χ0) is 28.0. The smallest absolute Gasteiger partial charge is 0.328 e. The number of hydrogen-bond acceptors (Lipinski definition) is 7. The van der Waals surface area contributed by atoms with Crippen LogP contribution in [0.15, 0.2) is 67.0 Å². The van der Waals surface area contributed by atoms with Gasteiger partial charge in [-0.1, -0.05) is 68.8 Å². The number of thioether (sulfide) groups is 1. The van der Waals surface area contributed by atoms with Gasteiger partial charge in [-0.25, -0.2) is 4.79 Å². The van der Waals surface area contributed by atoms with E-state index in [-0.39, 0.29) is 18.5 Å². The summed E-state index contributed by atoms with van der Waals surface area (Å²) >= 11 is 1.64. The lowest BCUT2D eigenvalue weighted by atomic mass is 9.97. The minimum absolute atomic E-state index is 0.158. The maximum atomic E-state index is 13.3. The van der Waals surface area contributed by atoms with Crippen LogP contribution in [0.1, 0.15) is 37.8 Å². The molecular formula is C31H42N4O3S. The quantitative estimate of drug-likeness (QED) is 0.251. The molecule has 39 heavy (non-hydrogen) atoms. The number of hydrogen-bond donors (Lipinski definition) is 2. The second-order valence-electron chi connectivity index (χ2n) is 9.97. The van der Waals surface area contributed by atoms with Crippen molar-refractivity contribution in [2.75, 3.05) is 32.2 Å². The largest absolute Gasteiger partial charge is 0.467 e. The lowest BCUT2D eigenvalue weighted by molar-refractivity contribution is -0.145. The first-order valence-corrected chi connectivity index (χ1v) is 15.0. The van der Waals surface area contributed by atoms with Gasteiger partial charge in [-0.3, -0.25) is 14.7 Å². The summed E-state index contributed by atoms with van der Waals surface area (Å²) in [7, 11) is 1.36. The molecule has 0 spiro atoms. The van der Waals surface area contributed by atoms with E-state index >= 15 is 0 Å². The summed E-state index contributed by atoms with van der Waals surface area (Å²) in [4.78, 5) is 32.1. The average Bonchev–Trinajstić information content (AvgIpc) is 2.97. The Kier molecular flexibility index (Phi) is 12.7. The molecule has 210 valence electrons. The van der Waals surface area contributed by atoms with Crippen LogP contribution in [0.4, 0.5) is 0 Å². The van der Waals surface area contributed by atoms with Crippen molar-refractivity contribution in [3.8, 4) is 0 Å². The van der Waals surface area contributed by atoms with Gasteiger partial charge in [0.15, 0.2) is 0 Å². The van der Waals surface area contributed by atoms with Crippen LogP contribution in [0, 0.1) is 5.92 Å². The highest BCUT2D eigenvalue weighted by molar-refractivity contribution is 7.98. The highest BCUT2D eigenvalue weighted by atomic mass is 32.2. The zero-order valence-corrected chi connectivity index (χ0v) is 24.4. The van der Waals surface area contributed by atoms with E-state index in [4.69, 9.17) is 4.74 Å². The SMILES string of the molecule is CC[C@H](C)[C@@H](CN(CC(=O)N[C@@H](CCSC)C(=O)OC)Cc1cccc2ccccc12)NCc1cccnc1. The summed E-state index contributed by atoms with van der Waals surface area (Å²) in [5.74, 6) is 0.563. The standard InChI is InChI=1S/C31H42N4O3S/c1-5-23(2)29(33-19-24-10-9-16-32-18-24)21-35(20-26-13-8-12-25-11-6-7-14-27(25)26)22-30(36)34-28(15-17-39-4)31(37)38-3/h6-14,16,18,23,28-29,33H,5,15,17,19-22H2,1-4H3,(H,34,36)/t23-,28-,29+/m0/s1. The number of pyridine rings is 1. The number of ether oxygens (including phenoxy) is 1. The summed E-state index contributed by atoms with van der Waals surface area (Å²) in [5.41, 5.74) is 2.29. The lowest BCUT2D eigenvalue weighted by Crippen LogP contribution is -2.50. The third-order valence-corrected chi connectivity index (χ3v) is 7.79. The second kappa shape index (κ2) is 16.2. The molecule has 2 N–H and O–H groups in total. The van der Waals surface area contributed by atoms with E-state index in [2.05, 4.69) is 70.8 Å². The van der Waals surface area contributed by atoms with Crippen LogP contribution < -0.4 is 10.6 Å². The van der Waals surface area contributed by atoms with Crippen LogP contribution in [0.25, 0.3) is 10.8 Å². The topological polar surface area (TPSA) is 83.6 Å². The summed E-state index contributed by atoms with van der Waals surface area (Å²) in [5, 5.41) is 9.01. The molecule has 0 fully saturated rings. The van der Waals surface area contributed by atoms with Gasteiger partial charge in [0.25, 0.3) is 0 Å². The van der Waals surface area contributed by atoms with Crippen LogP contribution in [0.2, 0.25) is 0 Å². The minimum atomic E-state index is -0.650. The van der Waals surface area contributed by atoms with Gasteiger partial charge in [0.1, 0.15) is 6.04 Å². The van der Waals surface area contributed by atoms with Crippen molar-refractivity contribution in [1.82, 2.24) is 20.5 Å². The fourth-order valence-electron chi connectivity index (χ4n) is 4.69. The zero-order valence-electron chi connectivity index (χ0n) is 23.6. The number of nitrogens with zero attached hydrogens (tertiary/aromatic N) is 2. The molecule has 8 heteroatoms. The molecule has 3 rings (SSSR count). The molecule has 1 heterocycles. The monoisotopic (exact) mass is 550 g/mol. The summed E-state index contributed by atoms with van der Waals surface area (Å²) in [6, 6.07) is 18.2.